The normalized spacial score (nSPS) is 24.8. The summed E-state index contributed by atoms with van der Waals surface area (Å²) in [5, 5.41) is 27.3. The summed E-state index contributed by atoms with van der Waals surface area (Å²) < 4.78 is 46.0. The van der Waals surface area contributed by atoms with E-state index in [1.807, 2.05) is 52.9 Å². The van der Waals surface area contributed by atoms with Crippen LogP contribution in [0.25, 0.3) is 21.9 Å². The zero-order valence-corrected chi connectivity index (χ0v) is 30.5. The Morgan fingerprint density at radius 2 is 1.90 bits per heavy atom. The highest BCUT2D eigenvalue weighted by Crippen LogP contribution is 2.49. The van der Waals surface area contributed by atoms with Crippen LogP contribution in [0.2, 0.25) is 0 Å². The highest BCUT2D eigenvalue weighted by atomic mass is 127. The minimum Gasteiger partial charge on any atom is -0.479 e. The lowest BCUT2D eigenvalue weighted by atomic mass is 9.96. The lowest BCUT2D eigenvalue weighted by Gasteiger charge is -2.29. The summed E-state index contributed by atoms with van der Waals surface area (Å²) >= 11 is 1.94. The highest BCUT2D eigenvalue weighted by molar-refractivity contribution is 14.1. The van der Waals surface area contributed by atoms with Gasteiger partial charge in [-0.2, -0.15) is 15.1 Å². The Kier molecular flexibility index (Phi) is 10.4. The molecule has 1 aliphatic carbocycles. The molecule has 2 aromatic heterocycles. The van der Waals surface area contributed by atoms with Crippen molar-refractivity contribution in [2.24, 2.45) is 5.92 Å². The number of hydrogen-bond donors (Lipinski definition) is 4. The Morgan fingerprint density at radius 1 is 1.18 bits per heavy atom. The number of nitrogens with one attached hydrogen (secondary N) is 1. The lowest BCUT2D eigenvalue weighted by molar-refractivity contribution is -0.152. The average molecular weight is 811 g/mol. The number of anilines is 1. The first-order chi connectivity index (χ1) is 23.3. The Bertz CT molecular complexity index is 1880. The van der Waals surface area contributed by atoms with E-state index in [0.29, 0.717) is 9.22 Å². The number of nitrogens with two attached hydrogens (primary N) is 1. The molecule has 1 aliphatic heterocycles. The van der Waals surface area contributed by atoms with Gasteiger partial charge in [0.15, 0.2) is 21.2 Å². The van der Waals surface area contributed by atoms with E-state index in [1.54, 1.807) is 26.0 Å². The molecule has 4 aromatic rings. The number of hydrogen-bond acceptors (Lipinski definition) is 13. The third-order valence-corrected chi connectivity index (χ3v) is 11.1. The molecule has 49 heavy (non-hydrogen) atoms. The number of carbonyl (C=O) groups is 1. The number of halogens is 1. The summed E-state index contributed by atoms with van der Waals surface area (Å²) in [5.74, 6) is -0.636. The molecule has 1 saturated heterocycles. The molecule has 6 atom stereocenters. The van der Waals surface area contributed by atoms with Crippen LogP contribution in [0, 0.1) is 9.75 Å². The molecule has 0 radical (unpaired) electrons. The van der Waals surface area contributed by atoms with E-state index >= 15 is 0 Å². The van der Waals surface area contributed by atoms with Crippen molar-refractivity contribution in [2.45, 2.75) is 82.6 Å². The Labute approximate surface area is 296 Å². The van der Waals surface area contributed by atoms with Gasteiger partial charge in [-0.1, -0.05) is 50.2 Å². The van der Waals surface area contributed by atoms with Crippen LogP contribution in [0.3, 0.4) is 0 Å². The molecule has 6 rings (SSSR count). The Hall–Kier alpha value is -3.12. The third-order valence-electron chi connectivity index (χ3n) is 8.84. The van der Waals surface area contributed by atoms with Crippen LogP contribution >= 0.6 is 30.3 Å². The molecule has 0 amide bonds. The van der Waals surface area contributed by atoms with Crippen LogP contribution in [0.4, 0.5) is 5.95 Å². The number of carbonyl (C=O) groups excluding carboxylic acids is 1. The number of imidazole rings is 1. The van der Waals surface area contributed by atoms with Gasteiger partial charge in [0.05, 0.1) is 13.7 Å². The molecule has 2 fully saturated rings. The number of benzene rings is 2. The predicted octanol–water partition coefficient (Wildman–Crippen LogP) is 4.49. The van der Waals surface area contributed by atoms with Crippen molar-refractivity contribution in [3.8, 4) is 11.6 Å². The van der Waals surface area contributed by atoms with Crippen LogP contribution < -0.4 is 20.1 Å². The second-order valence-electron chi connectivity index (χ2n) is 12.8. The van der Waals surface area contributed by atoms with E-state index in [0.717, 1.165) is 31.1 Å². The van der Waals surface area contributed by atoms with E-state index in [2.05, 4.69) is 20.0 Å². The van der Waals surface area contributed by atoms with Gasteiger partial charge in [0, 0.05) is 28.0 Å². The van der Waals surface area contributed by atoms with Crippen molar-refractivity contribution in [1.29, 1.82) is 0 Å². The average Bonchev–Trinajstić information content (AvgIpc) is 3.75. The first-order valence-electron chi connectivity index (χ1n) is 16.0. The van der Waals surface area contributed by atoms with Crippen LogP contribution in [0.1, 0.15) is 52.7 Å². The monoisotopic (exact) mass is 810 g/mol. The van der Waals surface area contributed by atoms with E-state index in [9.17, 15) is 19.6 Å². The van der Waals surface area contributed by atoms with Gasteiger partial charge in [-0.3, -0.25) is 13.9 Å². The van der Waals surface area contributed by atoms with Crippen molar-refractivity contribution in [3.05, 3.63) is 46.3 Å². The van der Waals surface area contributed by atoms with Gasteiger partial charge in [-0.15, -0.1) is 0 Å². The van der Waals surface area contributed by atoms with Gasteiger partial charge in [0.1, 0.15) is 35.7 Å². The number of nitrogen functional groups attached to an aromatic ring is 1. The van der Waals surface area contributed by atoms with Crippen LogP contribution in [-0.2, 0) is 23.4 Å². The summed E-state index contributed by atoms with van der Waals surface area (Å²) in [5.41, 5.74) is 4.49. The van der Waals surface area contributed by atoms with E-state index in [4.69, 9.17) is 29.0 Å². The number of aromatic nitrogens is 4. The zero-order valence-electron chi connectivity index (χ0n) is 27.5. The van der Waals surface area contributed by atoms with Crippen molar-refractivity contribution in [2.75, 3.05) is 19.5 Å². The van der Waals surface area contributed by atoms with Crippen molar-refractivity contribution < 1.29 is 42.8 Å². The molecule has 2 aliphatic rings. The molecule has 3 heterocycles. The maximum Gasteiger partial charge on any atom is 0.459 e. The molecule has 0 bridgehead atoms. The Morgan fingerprint density at radius 3 is 2.61 bits per heavy atom. The molecule has 15 nitrogen and oxygen atoms in total. The van der Waals surface area contributed by atoms with Gasteiger partial charge < -0.3 is 34.7 Å². The lowest BCUT2D eigenvalue weighted by Crippen LogP contribution is -2.45. The molecule has 0 spiro atoms. The molecule has 1 saturated carbocycles. The molecular weight excluding hydrogens is 770 g/mol. The minimum absolute atomic E-state index is 0.0938. The van der Waals surface area contributed by atoms with E-state index in [1.165, 1.54) is 18.6 Å². The minimum atomic E-state index is -4.42. The van der Waals surface area contributed by atoms with Crippen LogP contribution in [0.15, 0.2) is 42.5 Å². The number of nitrogens with zero attached hydrogens (tertiary/aromatic N) is 4. The second-order valence-corrected chi connectivity index (χ2v) is 15.4. The van der Waals surface area contributed by atoms with Gasteiger partial charge in [-0.25, -0.2) is 9.55 Å². The summed E-state index contributed by atoms with van der Waals surface area (Å²) in [4.78, 5) is 26.2. The summed E-state index contributed by atoms with van der Waals surface area (Å²) in [6, 6.07) is 11.6. The van der Waals surface area contributed by atoms with Gasteiger partial charge in [0.25, 0.3) is 0 Å². The summed E-state index contributed by atoms with van der Waals surface area (Å²) in [7, 11) is -3.00. The topological polar surface area (TPSA) is 202 Å². The first-order valence-corrected chi connectivity index (χ1v) is 18.6. The number of ether oxygens (including phenoxy) is 3. The standard InChI is InChI=1S/C32H40IN6O9P/c1-17(2)23(28(41)46-19-12-6-7-13-19)38-49(43,48-21-15-9-11-18-10-5-8-14-20(18)21)45-16-22-25(40)32(3,42)29(47-22)39-26-24(35-30(39)33)27(44-4)37-31(34)36-26/h5,8-11,14-15,17,19,22-23,25,29,40,42H,6-7,12-13,16H2,1-4H3,(H,38,43)(H2,34,36,37)/t22-,23?,25-,29-,32-,49?/m1/s1. The number of fused-ring (bicyclic) bond motifs is 2. The number of rotatable bonds is 12. The smallest absolute Gasteiger partial charge is 0.459 e. The Balaban J connectivity index is 1.30. The van der Waals surface area contributed by atoms with Crippen molar-refractivity contribution in [3.63, 3.8) is 0 Å². The van der Waals surface area contributed by atoms with Gasteiger partial charge in [-0.05, 0) is 50.0 Å². The van der Waals surface area contributed by atoms with Gasteiger partial charge in [0.2, 0.25) is 11.8 Å². The van der Waals surface area contributed by atoms with Crippen LogP contribution in [-0.4, -0.2) is 79.4 Å². The summed E-state index contributed by atoms with van der Waals surface area (Å²) in [6.07, 6.45) is -0.715. The fraction of sp³-hybridized carbons (Fsp3) is 0.500. The SMILES string of the molecule is COc1nc(N)nc2c1nc(I)n2[C@@H]1O[C@H](COP(=O)(NC(C(=O)OC2CCCC2)C(C)C)Oc2cccc3ccccc23)[C@@H](O)[C@@]1(C)O. The summed E-state index contributed by atoms with van der Waals surface area (Å²) in [6.45, 7) is 4.48. The van der Waals surface area contributed by atoms with Crippen LogP contribution in [0.5, 0.6) is 11.6 Å². The van der Waals surface area contributed by atoms with Gasteiger partial charge >= 0.3 is 13.7 Å². The molecule has 2 unspecified atom stereocenters. The quantitative estimate of drug-likeness (QED) is 0.0675. The molecule has 17 heteroatoms. The first kappa shape index (κ1) is 35.7. The highest BCUT2D eigenvalue weighted by Gasteiger charge is 2.55. The number of aliphatic hydroxyl groups is 2. The molecular formula is C32H40IN6O9P. The van der Waals surface area contributed by atoms with E-state index < -0.39 is 50.4 Å². The maximum atomic E-state index is 14.7. The number of methoxy groups -OCH3 is 1. The third kappa shape index (κ3) is 7.22. The second kappa shape index (κ2) is 14.2. The maximum absolute atomic E-state index is 14.7. The molecule has 264 valence electrons. The number of esters is 1. The fourth-order valence-electron chi connectivity index (χ4n) is 6.20. The largest absolute Gasteiger partial charge is 0.479 e. The van der Waals surface area contributed by atoms with Crippen molar-refractivity contribution in [1.82, 2.24) is 24.6 Å². The molecule has 2 aromatic carbocycles. The predicted molar refractivity (Wildman–Crippen MR) is 188 cm³/mol. The fourth-order valence-corrected chi connectivity index (χ4v) is 8.60. The van der Waals surface area contributed by atoms with E-state index in [-0.39, 0.29) is 40.8 Å². The van der Waals surface area contributed by atoms with Crippen molar-refractivity contribution >= 4 is 64.2 Å². The zero-order chi connectivity index (χ0) is 35.1. The molecule has 5 N–H and O–H groups in total. The number of aliphatic hydroxyl groups excluding tert-OH is 1.